The second-order valence-electron chi connectivity index (χ2n) is 1.85. The Morgan fingerprint density at radius 2 is 2.11 bits per heavy atom. The quantitative estimate of drug-likeness (QED) is 0.576. The summed E-state index contributed by atoms with van der Waals surface area (Å²) in [5.74, 6) is -0.766. The van der Waals surface area contributed by atoms with Gasteiger partial charge in [-0.25, -0.2) is 0 Å². The summed E-state index contributed by atoms with van der Waals surface area (Å²) < 4.78 is 0. The van der Waals surface area contributed by atoms with E-state index in [1.54, 1.807) is 7.05 Å². The summed E-state index contributed by atoms with van der Waals surface area (Å²) in [6.07, 6.45) is 0.745. The topological polar surface area (TPSA) is 49.7 Å². The highest BCUT2D eigenvalue weighted by Gasteiger charge is 1.96. The predicted molar refractivity (Wildman–Crippen MR) is 35.9 cm³/mol. The van der Waals surface area contributed by atoms with Crippen LogP contribution in [0.5, 0.6) is 0 Å². The SMILES string of the molecule is CN=C(C)CCC(=O)O. The maximum absolute atomic E-state index is 9.96. The fourth-order valence-electron chi connectivity index (χ4n) is 0.400. The minimum atomic E-state index is -0.766. The molecule has 0 aromatic heterocycles. The standard InChI is InChI=1S/C6H11NO2/c1-5(7-2)3-4-6(8)9/h3-4H2,1-2H3,(H,8,9). The molecule has 9 heavy (non-hydrogen) atoms. The molecule has 0 unspecified atom stereocenters. The lowest BCUT2D eigenvalue weighted by Crippen LogP contribution is -1.99. The van der Waals surface area contributed by atoms with E-state index in [1.165, 1.54) is 0 Å². The Labute approximate surface area is 54.4 Å². The van der Waals surface area contributed by atoms with Gasteiger partial charge < -0.3 is 5.11 Å². The number of carbonyl (C=O) groups is 1. The molecule has 0 spiro atoms. The van der Waals surface area contributed by atoms with Crippen molar-refractivity contribution in [2.75, 3.05) is 7.05 Å². The molecule has 3 heteroatoms. The Hall–Kier alpha value is -0.860. The molecule has 3 nitrogen and oxygen atoms in total. The smallest absolute Gasteiger partial charge is 0.303 e. The van der Waals surface area contributed by atoms with Gasteiger partial charge in [0.15, 0.2) is 0 Å². The minimum absolute atomic E-state index is 0.184. The van der Waals surface area contributed by atoms with Gasteiger partial charge in [0.05, 0.1) is 6.42 Å². The number of aliphatic imine (C=N–C) groups is 1. The van der Waals surface area contributed by atoms with Gasteiger partial charge in [0, 0.05) is 12.8 Å². The van der Waals surface area contributed by atoms with Crippen LogP contribution in [0.4, 0.5) is 0 Å². The largest absolute Gasteiger partial charge is 0.481 e. The molecule has 52 valence electrons. The van der Waals surface area contributed by atoms with Crippen molar-refractivity contribution in [3.05, 3.63) is 0 Å². The maximum atomic E-state index is 9.96. The summed E-state index contributed by atoms with van der Waals surface area (Å²) in [4.78, 5) is 13.8. The first kappa shape index (κ1) is 8.14. The molecule has 0 rings (SSSR count). The van der Waals surface area contributed by atoms with Crippen molar-refractivity contribution < 1.29 is 9.90 Å². The fourth-order valence-corrected chi connectivity index (χ4v) is 0.400. The van der Waals surface area contributed by atoms with Gasteiger partial charge in [-0.1, -0.05) is 0 Å². The van der Waals surface area contributed by atoms with Crippen LogP contribution in [-0.2, 0) is 4.79 Å². The van der Waals surface area contributed by atoms with Crippen LogP contribution in [0.15, 0.2) is 4.99 Å². The van der Waals surface area contributed by atoms with Gasteiger partial charge in [0.25, 0.3) is 0 Å². The maximum Gasteiger partial charge on any atom is 0.303 e. The molecule has 0 bridgehead atoms. The second-order valence-corrected chi connectivity index (χ2v) is 1.85. The highest BCUT2D eigenvalue weighted by molar-refractivity contribution is 5.84. The molecule has 0 fully saturated rings. The Morgan fingerprint density at radius 1 is 1.56 bits per heavy atom. The summed E-state index contributed by atoms with van der Waals surface area (Å²) in [6, 6.07) is 0. The zero-order valence-corrected chi connectivity index (χ0v) is 5.72. The zero-order valence-electron chi connectivity index (χ0n) is 5.72. The third-order valence-corrected chi connectivity index (χ3v) is 1.08. The van der Waals surface area contributed by atoms with E-state index in [9.17, 15) is 4.79 Å². The van der Waals surface area contributed by atoms with Crippen LogP contribution in [0.3, 0.4) is 0 Å². The summed E-state index contributed by atoms with van der Waals surface area (Å²) in [6.45, 7) is 1.82. The minimum Gasteiger partial charge on any atom is -0.481 e. The number of carboxylic acids is 1. The lowest BCUT2D eigenvalue weighted by atomic mass is 10.2. The molecule has 0 aliphatic heterocycles. The average Bonchev–Trinajstić information content (AvgIpc) is 1.83. The Morgan fingerprint density at radius 3 is 2.44 bits per heavy atom. The molecule has 0 saturated carbocycles. The van der Waals surface area contributed by atoms with Gasteiger partial charge in [-0.3, -0.25) is 9.79 Å². The molecule has 0 aliphatic carbocycles. The van der Waals surface area contributed by atoms with E-state index in [0.29, 0.717) is 6.42 Å². The highest BCUT2D eigenvalue weighted by atomic mass is 16.4. The number of nitrogens with zero attached hydrogens (tertiary/aromatic N) is 1. The Bertz CT molecular complexity index is 129. The van der Waals surface area contributed by atoms with E-state index in [-0.39, 0.29) is 6.42 Å². The zero-order chi connectivity index (χ0) is 7.28. The van der Waals surface area contributed by atoms with E-state index in [4.69, 9.17) is 5.11 Å². The number of aliphatic carboxylic acids is 1. The third-order valence-electron chi connectivity index (χ3n) is 1.08. The van der Waals surface area contributed by atoms with Crippen molar-refractivity contribution >= 4 is 11.7 Å². The molecule has 0 aromatic carbocycles. The van der Waals surface area contributed by atoms with Gasteiger partial charge in [-0.15, -0.1) is 0 Å². The molecule has 0 heterocycles. The van der Waals surface area contributed by atoms with Crippen molar-refractivity contribution in [2.45, 2.75) is 19.8 Å². The van der Waals surface area contributed by atoms with Gasteiger partial charge in [0.2, 0.25) is 0 Å². The van der Waals surface area contributed by atoms with Crippen molar-refractivity contribution in [3.8, 4) is 0 Å². The normalized spacial score (nSPS) is 11.6. The van der Waals surface area contributed by atoms with Crippen molar-refractivity contribution in [1.82, 2.24) is 0 Å². The molecule has 1 N–H and O–H groups in total. The first-order valence-electron chi connectivity index (χ1n) is 2.81. The molecular weight excluding hydrogens is 118 g/mol. The van der Waals surface area contributed by atoms with E-state index < -0.39 is 5.97 Å². The molecule has 0 amide bonds. The molecule has 0 aliphatic rings. The molecular formula is C6H11NO2. The summed E-state index contributed by atoms with van der Waals surface area (Å²) in [5.41, 5.74) is 0.886. The molecule has 0 radical (unpaired) electrons. The first-order chi connectivity index (χ1) is 4.16. The van der Waals surface area contributed by atoms with Gasteiger partial charge in [0.1, 0.15) is 0 Å². The lowest BCUT2D eigenvalue weighted by Gasteiger charge is -1.92. The van der Waals surface area contributed by atoms with Gasteiger partial charge >= 0.3 is 5.97 Å². The van der Waals surface area contributed by atoms with E-state index in [0.717, 1.165) is 5.71 Å². The number of carboxylic acid groups (broad SMARTS) is 1. The van der Waals surface area contributed by atoms with Crippen molar-refractivity contribution in [1.29, 1.82) is 0 Å². The summed E-state index contributed by atoms with van der Waals surface area (Å²) >= 11 is 0. The Kier molecular flexibility index (Phi) is 3.67. The number of hydrogen-bond donors (Lipinski definition) is 1. The van der Waals surface area contributed by atoms with E-state index in [1.807, 2.05) is 6.92 Å². The first-order valence-corrected chi connectivity index (χ1v) is 2.81. The predicted octanol–water partition coefficient (Wildman–Crippen LogP) is 0.942. The van der Waals surface area contributed by atoms with Crippen molar-refractivity contribution in [3.63, 3.8) is 0 Å². The molecule has 0 aromatic rings. The van der Waals surface area contributed by atoms with Crippen LogP contribution in [0.25, 0.3) is 0 Å². The molecule has 0 atom stereocenters. The van der Waals surface area contributed by atoms with Crippen LogP contribution in [0, 0.1) is 0 Å². The average molecular weight is 129 g/mol. The van der Waals surface area contributed by atoms with Crippen LogP contribution in [0.2, 0.25) is 0 Å². The highest BCUT2D eigenvalue weighted by Crippen LogP contribution is 1.90. The number of rotatable bonds is 3. The number of hydrogen-bond acceptors (Lipinski definition) is 2. The van der Waals surface area contributed by atoms with Crippen LogP contribution in [-0.4, -0.2) is 23.8 Å². The van der Waals surface area contributed by atoms with E-state index in [2.05, 4.69) is 4.99 Å². The fraction of sp³-hybridized carbons (Fsp3) is 0.667. The summed E-state index contributed by atoms with van der Waals surface area (Å²) in [5, 5.41) is 8.20. The summed E-state index contributed by atoms with van der Waals surface area (Å²) in [7, 11) is 1.66. The van der Waals surface area contributed by atoms with Gasteiger partial charge in [-0.05, 0) is 13.3 Å². The van der Waals surface area contributed by atoms with Crippen LogP contribution >= 0.6 is 0 Å². The van der Waals surface area contributed by atoms with Gasteiger partial charge in [-0.2, -0.15) is 0 Å². The van der Waals surface area contributed by atoms with Crippen molar-refractivity contribution in [2.24, 2.45) is 4.99 Å². The van der Waals surface area contributed by atoms with Crippen LogP contribution < -0.4 is 0 Å². The van der Waals surface area contributed by atoms with E-state index >= 15 is 0 Å². The third kappa shape index (κ3) is 5.00. The lowest BCUT2D eigenvalue weighted by molar-refractivity contribution is -0.136. The van der Waals surface area contributed by atoms with Crippen LogP contribution in [0.1, 0.15) is 19.8 Å². The Balaban J connectivity index is 3.39. The monoisotopic (exact) mass is 129 g/mol. The second kappa shape index (κ2) is 4.06. The molecule has 0 saturated heterocycles.